The first-order chi connectivity index (χ1) is 13.8. The van der Waals surface area contributed by atoms with Crippen LogP contribution in [0.25, 0.3) is 22.4 Å². The quantitative estimate of drug-likeness (QED) is 0.648. The molecule has 0 spiro atoms. The van der Waals surface area contributed by atoms with Gasteiger partial charge in [0.25, 0.3) is 0 Å². The molecule has 152 valence electrons. The van der Waals surface area contributed by atoms with E-state index >= 15 is 0 Å². The fourth-order valence-corrected chi connectivity index (χ4v) is 3.37. The van der Waals surface area contributed by atoms with Crippen molar-refractivity contribution in [1.82, 2.24) is 25.3 Å². The number of nitrogens with one attached hydrogen (secondary N) is 2. The molecule has 3 aromatic heterocycles. The van der Waals surface area contributed by atoms with Crippen LogP contribution in [0, 0.1) is 0 Å². The molecule has 29 heavy (non-hydrogen) atoms. The first-order valence-corrected chi connectivity index (χ1v) is 8.82. The average molecular weight is 408 g/mol. The summed E-state index contributed by atoms with van der Waals surface area (Å²) >= 11 is 0. The Morgan fingerprint density at radius 2 is 2.10 bits per heavy atom. The Hall–Kier alpha value is -3.24. The molecule has 1 fully saturated rings. The molecule has 0 radical (unpaired) electrons. The molecule has 0 bridgehead atoms. The number of rotatable bonds is 4. The van der Waals surface area contributed by atoms with Gasteiger partial charge in [0.2, 0.25) is 5.91 Å². The number of hydrogen-bond acceptors (Lipinski definition) is 5. The standard InChI is InChI=1S/C18H16F4N6O/c19-10-6-13(17(29)26-9-18(20,21)22)28(8-10)14-3-5-24-16(27-14)12-7-25-15-11(12)2-1-4-23-15/h1-5,7,10,13H,6,8-9H2,(H,23,25)(H,26,29)/t10?,13-/m1/s1. The molecule has 1 saturated heterocycles. The summed E-state index contributed by atoms with van der Waals surface area (Å²) in [5.74, 6) is -0.294. The lowest BCUT2D eigenvalue weighted by Gasteiger charge is -2.24. The molecule has 2 atom stereocenters. The van der Waals surface area contributed by atoms with Crippen LogP contribution in [0.5, 0.6) is 0 Å². The SMILES string of the molecule is O=C(NCC(F)(F)F)[C@H]1CC(F)CN1c1ccnc(-c2c[nH]c3ncccc23)n1. The van der Waals surface area contributed by atoms with Crippen LogP contribution in [0.2, 0.25) is 0 Å². The Morgan fingerprint density at radius 3 is 2.90 bits per heavy atom. The van der Waals surface area contributed by atoms with Gasteiger partial charge in [-0.3, -0.25) is 4.79 Å². The zero-order valence-corrected chi connectivity index (χ0v) is 14.9. The van der Waals surface area contributed by atoms with Gasteiger partial charge in [0.15, 0.2) is 5.82 Å². The second-order valence-electron chi connectivity index (χ2n) is 6.67. The Morgan fingerprint density at radius 1 is 1.28 bits per heavy atom. The monoisotopic (exact) mass is 408 g/mol. The van der Waals surface area contributed by atoms with E-state index in [1.165, 1.54) is 17.2 Å². The Balaban J connectivity index is 1.62. The maximum atomic E-state index is 14.0. The van der Waals surface area contributed by atoms with Crippen LogP contribution < -0.4 is 10.2 Å². The number of pyridine rings is 1. The molecule has 7 nitrogen and oxygen atoms in total. The predicted molar refractivity (Wildman–Crippen MR) is 96.8 cm³/mol. The number of amides is 1. The van der Waals surface area contributed by atoms with Gasteiger partial charge in [-0.25, -0.2) is 19.3 Å². The first kappa shape index (κ1) is 19.1. The van der Waals surface area contributed by atoms with E-state index in [1.807, 2.05) is 11.4 Å². The highest BCUT2D eigenvalue weighted by Crippen LogP contribution is 2.29. The lowest BCUT2D eigenvalue weighted by atomic mass is 10.2. The minimum absolute atomic E-state index is 0.143. The van der Waals surface area contributed by atoms with Gasteiger partial charge in [0, 0.05) is 36.0 Å². The molecular weight excluding hydrogens is 392 g/mol. The van der Waals surface area contributed by atoms with Gasteiger partial charge in [0.1, 0.15) is 30.2 Å². The van der Waals surface area contributed by atoms with Crippen molar-refractivity contribution in [3.05, 3.63) is 36.8 Å². The van der Waals surface area contributed by atoms with E-state index in [0.29, 0.717) is 17.0 Å². The minimum atomic E-state index is -4.54. The van der Waals surface area contributed by atoms with Crippen molar-refractivity contribution in [3.63, 3.8) is 0 Å². The van der Waals surface area contributed by atoms with Gasteiger partial charge >= 0.3 is 6.18 Å². The summed E-state index contributed by atoms with van der Waals surface area (Å²) in [7, 11) is 0. The number of carbonyl (C=O) groups is 1. The largest absolute Gasteiger partial charge is 0.405 e. The van der Waals surface area contributed by atoms with Gasteiger partial charge in [-0.15, -0.1) is 0 Å². The van der Waals surface area contributed by atoms with E-state index in [0.717, 1.165) is 5.39 Å². The molecule has 1 amide bonds. The number of H-pyrrole nitrogens is 1. The second-order valence-corrected chi connectivity index (χ2v) is 6.67. The highest BCUT2D eigenvalue weighted by molar-refractivity contribution is 5.91. The Bertz CT molecular complexity index is 1040. The number of aromatic nitrogens is 4. The van der Waals surface area contributed by atoms with Gasteiger partial charge in [-0.1, -0.05) is 0 Å². The molecule has 11 heteroatoms. The van der Waals surface area contributed by atoms with Gasteiger partial charge in [0.05, 0.1) is 6.54 Å². The summed E-state index contributed by atoms with van der Waals surface area (Å²) in [6.45, 7) is -1.61. The summed E-state index contributed by atoms with van der Waals surface area (Å²) in [5.41, 5.74) is 1.31. The number of halogens is 4. The highest BCUT2D eigenvalue weighted by Gasteiger charge is 2.39. The molecule has 1 aliphatic rings. The predicted octanol–water partition coefficient (Wildman–Crippen LogP) is 2.62. The molecule has 0 aromatic carbocycles. The van der Waals surface area contributed by atoms with Crippen LogP contribution >= 0.6 is 0 Å². The summed E-state index contributed by atoms with van der Waals surface area (Å²) in [6, 6.07) is 4.02. The van der Waals surface area contributed by atoms with Crippen LogP contribution in [0.3, 0.4) is 0 Å². The summed E-state index contributed by atoms with van der Waals surface area (Å²) in [6.07, 6.45) is -1.32. The smallest absolute Gasteiger partial charge is 0.345 e. The molecule has 3 aromatic rings. The fourth-order valence-electron chi connectivity index (χ4n) is 3.37. The van der Waals surface area contributed by atoms with E-state index in [4.69, 9.17) is 0 Å². The molecule has 4 rings (SSSR count). The Kier molecular flexibility index (Phi) is 4.81. The average Bonchev–Trinajstić information content (AvgIpc) is 3.29. The number of fused-ring (bicyclic) bond motifs is 1. The van der Waals surface area contributed by atoms with Crippen molar-refractivity contribution in [2.24, 2.45) is 0 Å². The number of aromatic amines is 1. The molecule has 0 saturated carbocycles. The highest BCUT2D eigenvalue weighted by atomic mass is 19.4. The lowest BCUT2D eigenvalue weighted by Crippen LogP contribution is -2.46. The molecule has 2 N–H and O–H groups in total. The van der Waals surface area contributed by atoms with E-state index in [-0.39, 0.29) is 18.8 Å². The van der Waals surface area contributed by atoms with E-state index in [2.05, 4.69) is 19.9 Å². The van der Waals surface area contributed by atoms with Gasteiger partial charge in [-0.05, 0) is 18.2 Å². The summed E-state index contributed by atoms with van der Waals surface area (Å²) in [4.78, 5) is 29.5. The van der Waals surface area contributed by atoms with Crippen molar-refractivity contribution < 1.29 is 22.4 Å². The molecule has 0 aliphatic carbocycles. The third-order valence-electron chi connectivity index (χ3n) is 4.64. The molecular formula is C18H16F4N6O. The van der Waals surface area contributed by atoms with Gasteiger partial charge < -0.3 is 15.2 Å². The maximum absolute atomic E-state index is 14.0. The van der Waals surface area contributed by atoms with Crippen molar-refractivity contribution in [3.8, 4) is 11.4 Å². The summed E-state index contributed by atoms with van der Waals surface area (Å²) < 4.78 is 51.2. The van der Waals surface area contributed by atoms with E-state index < -0.39 is 30.8 Å². The Labute approximate surface area is 162 Å². The van der Waals surface area contributed by atoms with Crippen molar-refractivity contribution in [2.45, 2.75) is 24.8 Å². The minimum Gasteiger partial charge on any atom is -0.345 e. The number of hydrogen-bond donors (Lipinski definition) is 2. The zero-order valence-electron chi connectivity index (χ0n) is 14.9. The second kappa shape index (κ2) is 7.30. The number of carbonyl (C=O) groups excluding carboxylic acids is 1. The normalized spacial score (nSPS) is 19.7. The maximum Gasteiger partial charge on any atom is 0.405 e. The van der Waals surface area contributed by atoms with Crippen LogP contribution in [0.4, 0.5) is 23.4 Å². The van der Waals surface area contributed by atoms with Crippen molar-refractivity contribution in [2.75, 3.05) is 18.0 Å². The van der Waals surface area contributed by atoms with E-state index in [1.54, 1.807) is 18.5 Å². The summed E-state index contributed by atoms with van der Waals surface area (Å²) in [5, 5.41) is 2.61. The fraction of sp³-hybridized carbons (Fsp3) is 0.333. The first-order valence-electron chi connectivity index (χ1n) is 8.82. The number of anilines is 1. The third kappa shape index (κ3) is 3.98. The lowest BCUT2D eigenvalue weighted by molar-refractivity contribution is -0.139. The topological polar surface area (TPSA) is 86.8 Å². The molecule has 4 heterocycles. The zero-order chi connectivity index (χ0) is 20.6. The van der Waals surface area contributed by atoms with Crippen LogP contribution in [-0.4, -0.2) is 57.3 Å². The van der Waals surface area contributed by atoms with Crippen LogP contribution in [0.1, 0.15) is 6.42 Å². The third-order valence-corrected chi connectivity index (χ3v) is 4.64. The molecule has 1 aliphatic heterocycles. The number of nitrogens with zero attached hydrogens (tertiary/aromatic N) is 4. The van der Waals surface area contributed by atoms with Crippen LogP contribution in [0.15, 0.2) is 36.8 Å². The van der Waals surface area contributed by atoms with Crippen molar-refractivity contribution in [1.29, 1.82) is 0 Å². The van der Waals surface area contributed by atoms with E-state index in [9.17, 15) is 22.4 Å². The molecule has 1 unspecified atom stereocenters. The van der Waals surface area contributed by atoms with Gasteiger partial charge in [-0.2, -0.15) is 13.2 Å². The number of alkyl halides is 4. The van der Waals surface area contributed by atoms with Crippen LogP contribution in [-0.2, 0) is 4.79 Å². The van der Waals surface area contributed by atoms with Crippen molar-refractivity contribution >= 4 is 22.8 Å².